The Hall–Kier alpha value is -2.17. The van der Waals surface area contributed by atoms with E-state index in [0.717, 1.165) is 21.3 Å². The molecule has 0 fully saturated rings. The predicted octanol–water partition coefficient (Wildman–Crippen LogP) is 6.61. The van der Waals surface area contributed by atoms with Crippen molar-refractivity contribution in [1.82, 2.24) is 0 Å². The maximum Gasteiger partial charge on any atom is 0.175 e. The van der Waals surface area contributed by atoms with Gasteiger partial charge < -0.3 is 14.8 Å². The van der Waals surface area contributed by atoms with Gasteiger partial charge in [0.15, 0.2) is 11.5 Å². The molecule has 0 heterocycles. The molecular weight excluding hydrogens is 426 g/mol. The van der Waals surface area contributed by atoms with E-state index in [9.17, 15) is 0 Å². The van der Waals surface area contributed by atoms with Gasteiger partial charge in [-0.25, -0.2) is 0 Å². The lowest BCUT2D eigenvalue weighted by Crippen LogP contribution is -2.03. The minimum atomic E-state index is 0.481. The van der Waals surface area contributed by atoms with Crippen LogP contribution in [-0.4, -0.2) is 7.11 Å². The van der Waals surface area contributed by atoms with Crippen molar-refractivity contribution in [3.63, 3.8) is 0 Å². The number of methoxy groups -OCH3 is 1. The average Bonchev–Trinajstić information content (AvgIpc) is 2.66. The zero-order valence-electron chi connectivity index (χ0n) is 15.3. The van der Waals surface area contributed by atoms with Gasteiger partial charge in [0.1, 0.15) is 6.61 Å². The Bertz CT molecular complexity index is 913. The molecule has 0 unspecified atom stereocenters. The second-order valence-corrected chi connectivity index (χ2v) is 7.54. The van der Waals surface area contributed by atoms with Crippen LogP contribution in [0.15, 0.2) is 65.1 Å². The molecule has 140 valence electrons. The second kappa shape index (κ2) is 9.16. The van der Waals surface area contributed by atoms with Crippen molar-refractivity contribution in [3.8, 4) is 11.5 Å². The van der Waals surface area contributed by atoms with Crippen molar-refractivity contribution in [1.29, 1.82) is 0 Å². The Kier molecular flexibility index (Phi) is 6.64. The summed E-state index contributed by atoms with van der Waals surface area (Å²) in [7, 11) is 1.65. The molecule has 0 atom stereocenters. The smallest absolute Gasteiger partial charge is 0.175 e. The summed E-state index contributed by atoms with van der Waals surface area (Å²) in [6, 6.07) is 20.0. The highest BCUT2D eigenvalue weighted by Crippen LogP contribution is 2.37. The first-order chi connectivity index (χ1) is 13.0. The SMILES string of the molecule is COc1cc(CNc2cccc(Cl)c2)cc(Br)c1OCc1ccc(C)cc1. The summed E-state index contributed by atoms with van der Waals surface area (Å²) >= 11 is 9.64. The summed E-state index contributed by atoms with van der Waals surface area (Å²) in [6.07, 6.45) is 0. The Balaban J connectivity index is 1.71. The number of hydrogen-bond acceptors (Lipinski definition) is 3. The van der Waals surface area contributed by atoms with E-state index in [1.165, 1.54) is 5.56 Å². The largest absolute Gasteiger partial charge is 0.493 e. The van der Waals surface area contributed by atoms with Gasteiger partial charge in [-0.2, -0.15) is 0 Å². The van der Waals surface area contributed by atoms with Gasteiger partial charge in [0.2, 0.25) is 0 Å². The first kappa shape index (κ1) is 19.6. The standard InChI is InChI=1S/C22H21BrClNO2/c1-15-6-8-16(9-7-15)14-27-22-20(23)10-17(11-21(22)26-2)13-25-19-5-3-4-18(24)12-19/h3-12,25H,13-14H2,1-2H3. The van der Waals surface area contributed by atoms with E-state index in [-0.39, 0.29) is 0 Å². The maximum atomic E-state index is 6.03. The molecule has 0 aromatic heterocycles. The normalized spacial score (nSPS) is 10.5. The summed E-state index contributed by atoms with van der Waals surface area (Å²) in [6.45, 7) is 3.20. The molecule has 0 aliphatic carbocycles. The zero-order valence-corrected chi connectivity index (χ0v) is 17.6. The first-order valence-corrected chi connectivity index (χ1v) is 9.76. The highest BCUT2D eigenvalue weighted by Gasteiger charge is 2.12. The topological polar surface area (TPSA) is 30.5 Å². The monoisotopic (exact) mass is 445 g/mol. The van der Waals surface area contributed by atoms with Crippen LogP contribution in [0.25, 0.3) is 0 Å². The van der Waals surface area contributed by atoms with Crippen molar-refractivity contribution in [3.05, 3.63) is 86.8 Å². The summed E-state index contributed by atoms with van der Waals surface area (Å²) < 4.78 is 12.4. The van der Waals surface area contributed by atoms with Crippen LogP contribution < -0.4 is 14.8 Å². The van der Waals surface area contributed by atoms with Crippen LogP contribution >= 0.6 is 27.5 Å². The highest BCUT2D eigenvalue weighted by molar-refractivity contribution is 9.10. The summed E-state index contributed by atoms with van der Waals surface area (Å²) in [4.78, 5) is 0. The Morgan fingerprint density at radius 3 is 2.48 bits per heavy atom. The lowest BCUT2D eigenvalue weighted by molar-refractivity contribution is 0.282. The zero-order chi connectivity index (χ0) is 19.2. The maximum absolute atomic E-state index is 6.03. The minimum absolute atomic E-state index is 0.481. The Morgan fingerprint density at radius 1 is 1.00 bits per heavy atom. The van der Waals surface area contributed by atoms with Gasteiger partial charge in [-0.15, -0.1) is 0 Å². The molecule has 0 saturated carbocycles. The molecule has 0 bridgehead atoms. The molecule has 0 saturated heterocycles. The van der Waals surface area contributed by atoms with Crippen molar-refractivity contribution in [2.45, 2.75) is 20.1 Å². The molecule has 3 aromatic rings. The number of rotatable bonds is 7. The van der Waals surface area contributed by atoms with Crippen molar-refractivity contribution in [2.24, 2.45) is 0 Å². The van der Waals surface area contributed by atoms with Gasteiger partial charge in [-0.1, -0.05) is 47.5 Å². The summed E-state index contributed by atoms with van der Waals surface area (Å²) in [5, 5.41) is 4.07. The van der Waals surface area contributed by atoms with Crippen molar-refractivity contribution < 1.29 is 9.47 Å². The van der Waals surface area contributed by atoms with Crippen molar-refractivity contribution in [2.75, 3.05) is 12.4 Å². The van der Waals surface area contributed by atoms with Crippen LogP contribution in [0.3, 0.4) is 0 Å². The molecule has 3 nitrogen and oxygen atoms in total. The van der Waals surface area contributed by atoms with Crippen LogP contribution in [0, 0.1) is 6.92 Å². The highest BCUT2D eigenvalue weighted by atomic mass is 79.9. The minimum Gasteiger partial charge on any atom is -0.493 e. The fraction of sp³-hybridized carbons (Fsp3) is 0.182. The molecule has 1 N–H and O–H groups in total. The van der Waals surface area contributed by atoms with E-state index in [4.69, 9.17) is 21.1 Å². The van der Waals surface area contributed by atoms with E-state index < -0.39 is 0 Å². The predicted molar refractivity (Wildman–Crippen MR) is 115 cm³/mol. The fourth-order valence-corrected chi connectivity index (χ4v) is 3.45. The van der Waals surface area contributed by atoms with Gasteiger partial charge in [-0.05, 0) is 64.3 Å². The van der Waals surface area contributed by atoms with E-state index in [0.29, 0.717) is 29.7 Å². The molecule has 0 amide bonds. The summed E-state index contributed by atoms with van der Waals surface area (Å²) in [5.74, 6) is 1.39. The lowest BCUT2D eigenvalue weighted by Gasteiger charge is -2.15. The number of ether oxygens (including phenoxy) is 2. The number of nitrogens with one attached hydrogen (secondary N) is 1. The van der Waals surface area contributed by atoms with Crippen LogP contribution in [0.4, 0.5) is 5.69 Å². The molecule has 27 heavy (non-hydrogen) atoms. The summed E-state index contributed by atoms with van der Waals surface area (Å²) in [5.41, 5.74) is 4.38. The molecule has 5 heteroatoms. The van der Waals surface area contributed by atoms with E-state index in [1.807, 2.05) is 36.4 Å². The molecular formula is C22H21BrClNO2. The quantitative estimate of drug-likeness (QED) is 0.443. The molecule has 0 aliphatic heterocycles. The number of anilines is 1. The molecule has 3 aromatic carbocycles. The van der Waals surface area contributed by atoms with Crippen molar-refractivity contribution >= 4 is 33.2 Å². The third kappa shape index (κ3) is 5.41. The molecule has 0 spiro atoms. The average molecular weight is 447 g/mol. The van der Waals surface area contributed by atoms with Gasteiger partial charge >= 0.3 is 0 Å². The third-order valence-corrected chi connectivity index (χ3v) is 4.94. The number of halogens is 2. The molecule has 0 radical (unpaired) electrons. The van der Waals surface area contributed by atoms with Gasteiger partial charge in [0.25, 0.3) is 0 Å². The molecule has 0 aliphatic rings. The fourth-order valence-electron chi connectivity index (χ4n) is 2.66. The van der Waals surface area contributed by atoms with Gasteiger partial charge in [0.05, 0.1) is 11.6 Å². The second-order valence-electron chi connectivity index (χ2n) is 6.25. The first-order valence-electron chi connectivity index (χ1n) is 8.59. The number of aryl methyl sites for hydroxylation is 1. The van der Waals surface area contributed by atoms with Gasteiger partial charge in [-0.3, -0.25) is 0 Å². The Morgan fingerprint density at radius 2 is 1.78 bits per heavy atom. The molecule has 3 rings (SSSR count). The van der Waals surface area contributed by atoms with Crippen LogP contribution in [-0.2, 0) is 13.2 Å². The van der Waals surface area contributed by atoms with E-state index >= 15 is 0 Å². The number of hydrogen-bond donors (Lipinski definition) is 1. The van der Waals surface area contributed by atoms with Crippen LogP contribution in [0.5, 0.6) is 11.5 Å². The van der Waals surface area contributed by atoms with Gasteiger partial charge in [0, 0.05) is 17.3 Å². The Labute approximate surface area is 173 Å². The lowest BCUT2D eigenvalue weighted by atomic mass is 10.1. The van der Waals surface area contributed by atoms with Crippen LogP contribution in [0.2, 0.25) is 5.02 Å². The van der Waals surface area contributed by atoms with E-state index in [2.05, 4.69) is 52.4 Å². The third-order valence-electron chi connectivity index (χ3n) is 4.11. The van der Waals surface area contributed by atoms with Crippen LogP contribution in [0.1, 0.15) is 16.7 Å². The number of benzene rings is 3. The van der Waals surface area contributed by atoms with E-state index in [1.54, 1.807) is 7.11 Å².